The zero-order valence-corrected chi connectivity index (χ0v) is 8.59. The molecule has 4 N–H and O–H groups in total. The quantitative estimate of drug-likeness (QED) is 0.560. The zero-order valence-electron chi connectivity index (χ0n) is 8.59. The molecule has 4 nitrogen and oxygen atoms in total. The van der Waals surface area contributed by atoms with Crippen LogP contribution in [0.1, 0.15) is 19.3 Å². The van der Waals surface area contributed by atoms with E-state index >= 15 is 0 Å². The maximum atomic E-state index is 10.6. The highest BCUT2D eigenvalue weighted by Crippen LogP contribution is 2.43. The number of piperidine rings is 1. The highest BCUT2D eigenvalue weighted by Gasteiger charge is 2.51. The third kappa shape index (κ3) is 1.46. The summed E-state index contributed by atoms with van der Waals surface area (Å²) in [6.45, 7) is 3.67. The summed E-state index contributed by atoms with van der Waals surface area (Å²) in [7, 11) is 0. The summed E-state index contributed by atoms with van der Waals surface area (Å²) in [6, 6.07) is 0. The Morgan fingerprint density at radius 1 is 1.29 bits per heavy atom. The Balaban J connectivity index is 2.15. The molecule has 2 rings (SSSR count). The van der Waals surface area contributed by atoms with Crippen molar-refractivity contribution >= 4 is 0 Å². The molecule has 1 unspecified atom stereocenters. The van der Waals surface area contributed by atoms with Gasteiger partial charge in [0, 0.05) is 18.6 Å². The van der Waals surface area contributed by atoms with Crippen LogP contribution in [0.5, 0.6) is 0 Å². The molecule has 0 aliphatic carbocycles. The average Bonchev–Trinajstić information content (AvgIpc) is 2.68. The highest BCUT2D eigenvalue weighted by molar-refractivity contribution is 5.03. The van der Waals surface area contributed by atoms with Crippen LogP contribution >= 0.6 is 0 Å². The monoisotopic (exact) mass is 200 g/mol. The Hall–Kier alpha value is -0.160. The molecule has 0 spiro atoms. The number of hydrogen-bond acceptors (Lipinski definition) is 4. The lowest BCUT2D eigenvalue weighted by Crippen LogP contribution is -2.57. The molecule has 0 aromatic heterocycles. The van der Waals surface area contributed by atoms with Gasteiger partial charge in [-0.05, 0) is 32.4 Å². The summed E-state index contributed by atoms with van der Waals surface area (Å²) < 4.78 is 5.41. The van der Waals surface area contributed by atoms with Gasteiger partial charge in [-0.2, -0.15) is 0 Å². The lowest BCUT2D eigenvalue weighted by Gasteiger charge is -2.46. The minimum Gasteiger partial charge on any atom is -0.389 e. The van der Waals surface area contributed by atoms with E-state index in [1.165, 1.54) is 0 Å². The van der Waals surface area contributed by atoms with Crippen molar-refractivity contribution in [2.45, 2.75) is 24.9 Å². The first-order valence-electron chi connectivity index (χ1n) is 5.43. The summed E-state index contributed by atoms with van der Waals surface area (Å²) in [5.74, 6) is 0. The number of nitrogens with two attached hydrogens (primary N) is 1. The van der Waals surface area contributed by atoms with Crippen LogP contribution in [0.3, 0.4) is 0 Å². The second-order valence-electron chi connectivity index (χ2n) is 4.57. The molecule has 2 heterocycles. The van der Waals surface area contributed by atoms with Gasteiger partial charge in [0.1, 0.15) is 0 Å². The fourth-order valence-corrected chi connectivity index (χ4v) is 2.70. The smallest absolute Gasteiger partial charge is 0.0762 e. The summed E-state index contributed by atoms with van der Waals surface area (Å²) >= 11 is 0. The molecule has 82 valence electrons. The van der Waals surface area contributed by atoms with Crippen LogP contribution < -0.4 is 11.1 Å². The highest BCUT2D eigenvalue weighted by atomic mass is 16.5. The van der Waals surface area contributed by atoms with Gasteiger partial charge in [-0.3, -0.25) is 0 Å². The Morgan fingerprint density at radius 2 is 2.00 bits per heavy atom. The van der Waals surface area contributed by atoms with Gasteiger partial charge in [0.05, 0.1) is 12.2 Å². The molecule has 14 heavy (non-hydrogen) atoms. The largest absolute Gasteiger partial charge is 0.389 e. The van der Waals surface area contributed by atoms with E-state index in [-0.39, 0.29) is 5.41 Å². The van der Waals surface area contributed by atoms with E-state index in [4.69, 9.17) is 10.5 Å². The number of aliphatic hydroxyl groups is 1. The molecule has 2 saturated heterocycles. The minimum absolute atomic E-state index is 0.185. The summed E-state index contributed by atoms with van der Waals surface area (Å²) in [6.07, 6.45) is 2.50. The van der Waals surface area contributed by atoms with Crippen LogP contribution in [0.4, 0.5) is 0 Å². The maximum Gasteiger partial charge on any atom is 0.0762 e. The average molecular weight is 200 g/mol. The van der Waals surface area contributed by atoms with E-state index in [1.807, 2.05) is 0 Å². The maximum absolute atomic E-state index is 10.6. The summed E-state index contributed by atoms with van der Waals surface area (Å²) in [4.78, 5) is 0. The molecule has 0 amide bonds. The number of hydrogen-bond donors (Lipinski definition) is 3. The lowest BCUT2D eigenvalue weighted by molar-refractivity contribution is -0.102. The fraction of sp³-hybridized carbons (Fsp3) is 1.00. The molecule has 0 bridgehead atoms. The molecule has 2 aliphatic rings. The van der Waals surface area contributed by atoms with Gasteiger partial charge >= 0.3 is 0 Å². The Morgan fingerprint density at radius 3 is 2.50 bits per heavy atom. The zero-order chi connectivity index (χ0) is 10.1. The van der Waals surface area contributed by atoms with E-state index in [1.54, 1.807) is 0 Å². The van der Waals surface area contributed by atoms with Crippen molar-refractivity contribution in [1.82, 2.24) is 5.32 Å². The van der Waals surface area contributed by atoms with Crippen molar-refractivity contribution in [3.8, 4) is 0 Å². The van der Waals surface area contributed by atoms with Gasteiger partial charge in [0.2, 0.25) is 0 Å². The first-order valence-corrected chi connectivity index (χ1v) is 5.43. The number of rotatable bonds is 2. The van der Waals surface area contributed by atoms with Gasteiger partial charge in [0.15, 0.2) is 0 Å². The first-order chi connectivity index (χ1) is 6.72. The van der Waals surface area contributed by atoms with Gasteiger partial charge in [-0.1, -0.05) is 0 Å². The molecular formula is C10H20N2O2. The lowest BCUT2D eigenvalue weighted by atomic mass is 9.67. The van der Waals surface area contributed by atoms with Gasteiger partial charge in [-0.15, -0.1) is 0 Å². The number of nitrogens with one attached hydrogen (secondary N) is 1. The molecule has 0 aromatic rings. The third-order valence-corrected chi connectivity index (χ3v) is 3.91. The molecule has 2 aliphatic heterocycles. The molecule has 2 fully saturated rings. The SMILES string of the molecule is NCC1(C2(O)CCNCC2)CCOC1. The predicted octanol–water partition coefficient (Wildman–Crippen LogP) is -0.534. The molecule has 4 heteroatoms. The Kier molecular flexibility index (Phi) is 2.79. The summed E-state index contributed by atoms with van der Waals surface area (Å²) in [5.41, 5.74) is 5.03. The van der Waals surface area contributed by atoms with Gasteiger partial charge in [-0.25, -0.2) is 0 Å². The van der Waals surface area contributed by atoms with Gasteiger partial charge in [0.25, 0.3) is 0 Å². The van der Waals surface area contributed by atoms with Crippen molar-refractivity contribution in [3.05, 3.63) is 0 Å². The summed E-state index contributed by atoms with van der Waals surface area (Å²) in [5, 5.41) is 13.9. The van der Waals surface area contributed by atoms with E-state index in [9.17, 15) is 5.11 Å². The van der Waals surface area contributed by atoms with E-state index in [2.05, 4.69) is 5.32 Å². The van der Waals surface area contributed by atoms with E-state index in [0.29, 0.717) is 13.2 Å². The molecule has 0 radical (unpaired) electrons. The van der Waals surface area contributed by atoms with Crippen LogP contribution in [0.15, 0.2) is 0 Å². The fourth-order valence-electron chi connectivity index (χ4n) is 2.70. The van der Waals surface area contributed by atoms with E-state index < -0.39 is 5.60 Å². The standard InChI is InChI=1S/C10H20N2O2/c11-7-9(3-6-14-8-9)10(13)1-4-12-5-2-10/h12-13H,1-8,11H2. The minimum atomic E-state index is -0.608. The van der Waals surface area contributed by atoms with Crippen LogP contribution in [0.2, 0.25) is 0 Å². The van der Waals surface area contributed by atoms with Crippen LogP contribution in [0.25, 0.3) is 0 Å². The van der Waals surface area contributed by atoms with Crippen molar-refractivity contribution < 1.29 is 9.84 Å². The Bertz CT molecular complexity index is 196. The van der Waals surface area contributed by atoms with Crippen molar-refractivity contribution in [3.63, 3.8) is 0 Å². The van der Waals surface area contributed by atoms with Crippen LogP contribution in [0, 0.1) is 5.41 Å². The number of ether oxygens (including phenoxy) is 1. The first kappa shape index (κ1) is 10.4. The van der Waals surface area contributed by atoms with Crippen LogP contribution in [-0.2, 0) is 4.74 Å². The normalized spacial score (nSPS) is 37.3. The topological polar surface area (TPSA) is 67.5 Å². The molecule has 0 aromatic carbocycles. The predicted molar refractivity (Wildman–Crippen MR) is 54.0 cm³/mol. The van der Waals surface area contributed by atoms with Crippen LogP contribution in [-0.4, -0.2) is 43.6 Å². The van der Waals surface area contributed by atoms with Crippen molar-refractivity contribution in [1.29, 1.82) is 0 Å². The van der Waals surface area contributed by atoms with Gasteiger partial charge < -0.3 is 20.9 Å². The van der Waals surface area contributed by atoms with E-state index in [0.717, 1.165) is 39.0 Å². The van der Waals surface area contributed by atoms with Crippen molar-refractivity contribution in [2.24, 2.45) is 11.1 Å². The molecule has 1 atom stereocenters. The second-order valence-corrected chi connectivity index (χ2v) is 4.57. The second kappa shape index (κ2) is 3.77. The molecule has 0 saturated carbocycles. The Labute approximate surface area is 84.8 Å². The molecular weight excluding hydrogens is 180 g/mol. The third-order valence-electron chi connectivity index (χ3n) is 3.91. The van der Waals surface area contributed by atoms with Crippen molar-refractivity contribution in [2.75, 3.05) is 32.8 Å².